The van der Waals surface area contributed by atoms with Crippen LogP contribution in [-0.4, -0.2) is 35.1 Å². The van der Waals surface area contributed by atoms with Crippen molar-refractivity contribution in [3.05, 3.63) is 64.8 Å². The number of aromatic nitrogens is 3. The maximum Gasteiger partial charge on any atom is 0.255 e. The van der Waals surface area contributed by atoms with Gasteiger partial charge in [-0.25, -0.2) is 0 Å². The smallest absolute Gasteiger partial charge is 0.255 e. The van der Waals surface area contributed by atoms with Crippen LogP contribution in [0.5, 0.6) is 5.75 Å². The number of rotatable bonds is 6. The first-order valence-corrected chi connectivity index (χ1v) is 7.63. The molecular formula is C18H19N3O3. The SMILES string of the molecule is COCCOc1ccc(-n2cc(-c3cn[nH]c3)c(C)cc2=O)cc1. The van der Waals surface area contributed by atoms with Crippen molar-refractivity contribution in [2.75, 3.05) is 20.3 Å². The molecule has 0 aliphatic rings. The standard InChI is InChI=1S/C18H19N3O3/c1-13-9-18(22)21(12-17(13)14-10-19-20-11-14)15-3-5-16(6-4-15)24-8-7-23-2/h3-6,9-12H,7-8H2,1-2H3,(H,19,20). The van der Waals surface area contributed by atoms with Crippen molar-refractivity contribution < 1.29 is 9.47 Å². The molecule has 2 aromatic heterocycles. The molecule has 0 radical (unpaired) electrons. The van der Waals surface area contributed by atoms with Crippen LogP contribution in [0, 0.1) is 6.92 Å². The van der Waals surface area contributed by atoms with E-state index in [4.69, 9.17) is 9.47 Å². The van der Waals surface area contributed by atoms with Crippen molar-refractivity contribution in [1.29, 1.82) is 0 Å². The molecule has 3 rings (SSSR count). The maximum atomic E-state index is 12.3. The average Bonchev–Trinajstić information content (AvgIpc) is 3.10. The molecule has 6 heteroatoms. The lowest BCUT2D eigenvalue weighted by Gasteiger charge is -2.11. The highest BCUT2D eigenvalue weighted by Crippen LogP contribution is 2.22. The number of aryl methyl sites for hydroxylation is 1. The summed E-state index contributed by atoms with van der Waals surface area (Å²) in [6, 6.07) is 9.03. The molecule has 1 aromatic carbocycles. The predicted octanol–water partition coefficient (Wildman–Crippen LogP) is 2.56. The zero-order chi connectivity index (χ0) is 16.9. The van der Waals surface area contributed by atoms with Gasteiger partial charge in [0.15, 0.2) is 0 Å². The summed E-state index contributed by atoms with van der Waals surface area (Å²) in [6.07, 6.45) is 5.39. The van der Waals surface area contributed by atoms with E-state index in [0.29, 0.717) is 13.2 Å². The fourth-order valence-electron chi connectivity index (χ4n) is 2.48. The van der Waals surface area contributed by atoms with Gasteiger partial charge in [0.25, 0.3) is 5.56 Å². The second-order valence-corrected chi connectivity index (χ2v) is 5.40. The van der Waals surface area contributed by atoms with Crippen molar-refractivity contribution in [2.45, 2.75) is 6.92 Å². The Bertz CT molecular complexity index is 852. The molecule has 0 aliphatic carbocycles. The third-order valence-corrected chi connectivity index (χ3v) is 3.74. The van der Waals surface area contributed by atoms with E-state index in [-0.39, 0.29) is 5.56 Å². The normalized spacial score (nSPS) is 10.8. The number of nitrogens with zero attached hydrogens (tertiary/aromatic N) is 2. The first-order valence-electron chi connectivity index (χ1n) is 7.63. The van der Waals surface area contributed by atoms with Gasteiger partial charge in [0, 0.05) is 42.4 Å². The van der Waals surface area contributed by atoms with Crippen molar-refractivity contribution >= 4 is 0 Å². The molecule has 2 heterocycles. The summed E-state index contributed by atoms with van der Waals surface area (Å²) in [6.45, 7) is 2.94. The van der Waals surface area contributed by atoms with Gasteiger partial charge < -0.3 is 9.47 Å². The summed E-state index contributed by atoms with van der Waals surface area (Å²) in [5, 5.41) is 6.77. The average molecular weight is 325 g/mol. The van der Waals surface area contributed by atoms with Crippen LogP contribution in [0.25, 0.3) is 16.8 Å². The van der Waals surface area contributed by atoms with Crippen molar-refractivity contribution in [3.63, 3.8) is 0 Å². The van der Waals surface area contributed by atoms with Gasteiger partial charge in [-0.3, -0.25) is 14.5 Å². The van der Waals surface area contributed by atoms with Crippen molar-refractivity contribution in [2.24, 2.45) is 0 Å². The third kappa shape index (κ3) is 3.38. The molecular weight excluding hydrogens is 306 g/mol. The molecule has 6 nitrogen and oxygen atoms in total. The van der Waals surface area contributed by atoms with Crippen LogP contribution in [0.15, 0.2) is 53.7 Å². The fourth-order valence-corrected chi connectivity index (χ4v) is 2.48. The molecule has 0 unspecified atom stereocenters. The lowest BCUT2D eigenvalue weighted by Crippen LogP contribution is -2.17. The van der Waals surface area contributed by atoms with Crippen LogP contribution in [0.2, 0.25) is 0 Å². The van der Waals surface area contributed by atoms with E-state index in [2.05, 4.69) is 10.2 Å². The molecule has 124 valence electrons. The van der Waals surface area contributed by atoms with E-state index in [0.717, 1.165) is 28.1 Å². The van der Waals surface area contributed by atoms with E-state index in [1.165, 1.54) is 0 Å². The highest BCUT2D eigenvalue weighted by Gasteiger charge is 2.08. The second kappa shape index (κ2) is 7.14. The number of aromatic amines is 1. The summed E-state index contributed by atoms with van der Waals surface area (Å²) in [5.74, 6) is 0.742. The van der Waals surface area contributed by atoms with E-state index in [1.54, 1.807) is 23.9 Å². The Balaban J connectivity index is 1.91. The zero-order valence-electron chi connectivity index (χ0n) is 13.7. The number of pyridine rings is 1. The Kier molecular flexibility index (Phi) is 4.77. The molecule has 0 bridgehead atoms. The molecule has 0 amide bonds. The number of ether oxygens (including phenoxy) is 2. The Morgan fingerprint density at radius 3 is 2.67 bits per heavy atom. The lowest BCUT2D eigenvalue weighted by atomic mass is 10.1. The first kappa shape index (κ1) is 16.0. The van der Waals surface area contributed by atoms with Crippen molar-refractivity contribution in [1.82, 2.24) is 14.8 Å². The molecule has 0 saturated heterocycles. The van der Waals surface area contributed by atoms with Gasteiger partial charge >= 0.3 is 0 Å². The van der Waals surface area contributed by atoms with Crippen LogP contribution in [0.4, 0.5) is 0 Å². The highest BCUT2D eigenvalue weighted by atomic mass is 16.5. The molecule has 3 aromatic rings. The number of hydrogen-bond acceptors (Lipinski definition) is 4. The van der Waals surface area contributed by atoms with Gasteiger partial charge in [-0.05, 0) is 36.8 Å². The van der Waals surface area contributed by atoms with Gasteiger partial charge in [0.05, 0.1) is 12.8 Å². The quantitative estimate of drug-likeness (QED) is 0.707. The topological polar surface area (TPSA) is 69.1 Å². The minimum absolute atomic E-state index is 0.0761. The largest absolute Gasteiger partial charge is 0.491 e. The monoisotopic (exact) mass is 325 g/mol. The number of methoxy groups -OCH3 is 1. The van der Waals surface area contributed by atoms with Crippen LogP contribution in [0.1, 0.15) is 5.56 Å². The van der Waals surface area contributed by atoms with Gasteiger partial charge in [-0.1, -0.05) is 0 Å². The van der Waals surface area contributed by atoms with Crippen LogP contribution in [0.3, 0.4) is 0 Å². The molecule has 1 N–H and O–H groups in total. The van der Waals surface area contributed by atoms with E-state index in [1.807, 2.05) is 43.6 Å². The minimum atomic E-state index is -0.0761. The van der Waals surface area contributed by atoms with Gasteiger partial charge in [0.1, 0.15) is 12.4 Å². The summed E-state index contributed by atoms with van der Waals surface area (Å²) >= 11 is 0. The second-order valence-electron chi connectivity index (χ2n) is 5.40. The summed E-state index contributed by atoms with van der Waals surface area (Å²) < 4.78 is 12.1. The molecule has 24 heavy (non-hydrogen) atoms. The minimum Gasteiger partial charge on any atom is -0.491 e. The van der Waals surface area contributed by atoms with Crippen LogP contribution in [-0.2, 0) is 4.74 Å². The zero-order valence-corrected chi connectivity index (χ0v) is 13.7. The summed E-state index contributed by atoms with van der Waals surface area (Å²) in [7, 11) is 1.63. The van der Waals surface area contributed by atoms with E-state index >= 15 is 0 Å². The Morgan fingerprint density at radius 1 is 1.21 bits per heavy atom. The number of nitrogens with one attached hydrogen (secondary N) is 1. The molecule has 0 aliphatic heterocycles. The molecule has 0 saturated carbocycles. The third-order valence-electron chi connectivity index (χ3n) is 3.74. The number of H-pyrrole nitrogens is 1. The Hall–Kier alpha value is -2.86. The first-order chi connectivity index (χ1) is 11.7. The summed E-state index contributed by atoms with van der Waals surface area (Å²) in [4.78, 5) is 12.3. The Labute approximate surface area is 139 Å². The Morgan fingerprint density at radius 2 is 2.00 bits per heavy atom. The van der Waals surface area contributed by atoms with Crippen LogP contribution >= 0.6 is 0 Å². The number of benzene rings is 1. The maximum absolute atomic E-state index is 12.3. The molecule has 0 fully saturated rings. The van der Waals surface area contributed by atoms with Crippen molar-refractivity contribution in [3.8, 4) is 22.6 Å². The van der Waals surface area contributed by atoms with Crippen LogP contribution < -0.4 is 10.3 Å². The van der Waals surface area contributed by atoms with E-state index in [9.17, 15) is 4.79 Å². The van der Waals surface area contributed by atoms with Gasteiger partial charge in [-0.2, -0.15) is 5.10 Å². The van der Waals surface area contributed by atoms with Gasteiger partial charge in [0.2, 0.25) is 0 Å². The molecule has 0 spiro atoms. The summed E-state index contributed by atoms with van der Waals surface area (Å²) in [5.41, 5.74) is 3.53. The predicted molar refractivity (Wildman–Crippen MR) is 91.7 cm³/mol. The molecule has 0 atom stereocenters. The fraction of sp³-hybridized carbons (Fsp3) is 0.222. The highest BCUT2D eigenvalue weighted by molar-refractivity contribution is 5.65. The number of hydrogen-bond donors (Lipinski definition) is 1. The lowest BCUT2D eigenvalue weighted by molar-refractivity contribution is 0.146. The van der Waals surface area contributed by atoms with Gasteiger partial charge in [-0.15, -0.1) is 0 Å². The van der Waals surface area contributed by atoms with E-state index < -0.39 is 0 Å².